The largest absolute Gasteiger partial charge is 0.493 e. The van der Waals surface area contributed by atoms with Gasteiger partial charge in [0.2, 0.25) is 5.89 Å². The topological polar surface area (TPSA) is 98.6 Å². The van der Waals surface area contributed by atoms with Crippen LogP contribution >= 0.6 is 24.0 Å². The molecule has 2 heterocycles. The number of nitrogens with one attached hydrogen (secondary N) is 1. The summed E-state index contributed by atoms with van der Waals surface area (Å²) in [4.78, 5) is 8.65. The molecule has 8 heteroatoms. The molecular formula is C16H20IN5O2. The minimum absolute atomic E-state index is 0. The van der Waals surface area contributed by atoms with Crippen molar-refractivity contribution in [2.45, 2.75) is 37.8 Å². The fourth-order valence-electron chi connectivity index (χ4n) is 2.70. The molecule has 1 unspecified atom stereocenters. The van der Waals surface area contributed by atoms with Gasteiger partial charge in [-0.1, -0.05) is 23.4 Å². The quantitative estimate of drug-likeness (QED) is 0.430. The summed E-state index contributed by atoms with van der Waals surface area (Å²) in [6.45, 7) is 0.984. The average molecular weight is 441 g/mol. The van der Waals surface area contributed by atoms with Gasteiger partial charge in [-0.2, -0.15) is 4.98 Å². The van der Waals surface area contributed by atoms with Gasteiger partial charge in [0.05, 0.1) is 12.6 Å². The number of guanidine groups is 1. The van der Waals surface area contributed by atoms with Gasteiger partial charge in [-0.05, 0) is 18.9 Å². The van der Waals surface area contributed by atoms with Crippen LogP contribution in [0.2, 0.25) is 0 Å². The third-order valence-corrected chi connectivity index (χ3v) is 4.08. The number of hydrogen-bond donors (Lipinski definition) is 2. The number of ether oxygens (including phenoxy) is 1. The summed E-state index contributed by atoms with van der Waals surface area (Å²) >= 11 is 0. The molecule has 1 aromatic carbocycles. The van der Waals surface area contributed by atoms with E-state index in [0.717, 1.165) is 36.5 Å². The highest BCUT2D eigenvalue weighted by Crippen LogP contribution is 2.38. The number of fused-ring (bicyclic) bond motifs is 1. The first-order valence-corrected chi connectivity index (χ1v) is 7.90. The van der Waals surface area contributed by atoms with Gasteiger partial charge >= 0.3 is 0 Å². The third kappa shape index (κ3) is 3.80. The van der Waals surface area contributed by atoms with Gasteiger partial charge in [0.15, 0.2) is 11.8 Å². The lowest BCUT2D eigenvalue weighted by atomic mass is 10.0. The van der Waals surface area contributed by atoms with Crippen molar-refractivity contribution in [3.63, 3.8) is 0 Å². The van der Waals surface area contributed by atoms with E-state index >= 15 is 0 Å². The van der Waals surface area contributed by atoms with Crippen molar-refractivity contribution in [3.05, 3.63) is 41.5 Å². The van der Waals surface area contributed by atoms with Crippen LogP contribution in [-0.4, -0.2) is 22.7 Å². The number of aliphatic imine (C=N–C) groups is 1. The highest BCUT2D eigenvalue weighted by atomic mass is 127. The van der Waals surface area contributed by atoms with Crippen LogP contribution < -0.4 is 15.8 Å². The third-order valence-electron chi connectivity index (χ3n) is 4.08. The van der Waals surface area contributed by atoms with Gasteiger partial charge in [0.25, 0.3) is 0 Å². The van der Waals surface area contributed by atoms with E-state index in [4.69, 9.17) is 15.0 Å². The van der Waals surface area contributed by atoms with Crippen molar-refractivity contribution >= 4 is 29.9 Å². The number of para-hydroxylation sites is 1. The second-order valence-corrected chi connectivity index (χ2v) is 5.90. The molecule has 1 aromatic heterocycles. The lowest BCUT2D eigenvalue weighted by Crippen LogP contribution is -2.37. The van der Waals surface area contributed by atoms with Crippen LogP contribution in [0.3, 0.4) is 0 Å². The summed E-state index contributed by atoms with van der Waals surface area (Å²) in [5, 5.41) is 7.18. The highest BCUT2D eigenvalue weighted by molar-refractivity contribution is 14.0. The minimum Gasteiger partial charge on any atom is -0.493 e. The zero-order valence-electron chi connectivity index (χ0n) is 13.1. The summed E-state index contributed by atoms with van der Waals surface area (Å²) in [6, 6.07) is 8.08. The summed E-state index contributed by atoms with van der Waals surface area (Å²) in [5.74, 6) is 3.03. The van der Waals surface area contributed by atoms with Gasteiger partial charge < -0.3 is 20.3 Å². The molecule has 24 heavy (non-hydrogen) atoms. The van der Waals surface area contributed by atoms with Crippen molar-refractivity contribution in [1.82, 2.24) is 15.5 Å². The standard InChI is InChI=1S/C16H19N5O2.HI/c17-16(18-9-14-20-15(23-21-14)10-5-6-10)19-12-7-8-22-13-4-2-1-3-11(12)13;/h1-4,10,12H,5-9H2,(H3,17,18,19);1H. The van der Waals surface area contributed by atoms with Gasteiger partial charge in [-0.3, -0.25) is 0 Å². The molecule has 1 aliphatic carbocycles. The first-order chi connectivity index (χ1) is 11.3. The SMILES string of the molecule is I.NC(=NCc1noc(C2CC2)n1)NC1CCOc2ccccc21. The summed E-state index contributed by atoms with van der Waals surface area (Å²) < 4.78 is 10.9. The smallest absolute Gasteiger partial charge is 0.229 e. The van der Waals surface area contributed by atoms with Crippen molar-refractivity contribution < 1.29 is 9.26 Å². The van der Waals surface area contributed by atoms with E-state index in [-0.39, 0.29) is 30.0 Å². The van der Waals surface area contributed by atoms with Gasteiger partial charge in [0.1, 0.15) is 12.3 Å². The molecule has 0 amide bonds. The van der Waals surface area contributed by atoms with E-state index in [0.29, 0.717) is 30.9 Å². The first kappa shape index (κ1) is 17.0. The molecule has 2 aromatic rings. The van der Waals surface area contributed by atoms with Crippen LogP contribution in [-0.2, 0) is 6.54 Å². The van der Waals surface area contributed by atoms with Gasteiger partial charge in [0, 0.05) is 17.9 Å². The van der Waals surface area contributed by atoms with E-state index in [2.05, 4.69) is 20.4 Å². The Kier molecular flexibility index (Phi) is 5.22. The maximum atomic E-state index is 6.00. The predicted molar refractivity (Wildman–Crippen MR) is 99.4 cm³/mol. The molecule has 1 fully saturated rings. The van der Waals surface area contributed by atoms with Crippen molar-refractivity contribution in [3.8, 4) is 5.75 Å². The molecule has 2 aliphatic rings. The predicted octanol–water partition coefficient (Wildman–Crippen LogP) is 2.49. The van der Waals surface area contributed by atoms with E-state index in [9.17, 15) is 0 Å². The van der Waals surface area contributed by atoms with Crippen LogP contribution in [0, 0.1) is 0 Å². The van der Waals surface area contributed by atoms with Crippen molar-refractivity contribution in [2.75, 3.05) is 6.61 Å². The van der Waals surface area contributed by atoms with E-state index in [1.807, 2.05) is 24.3 Å². The van der Waals surface area contributed by atoms with Gasteiger partial charge in [-0.15, -0.1) is 24.0 Å². The van der Waals surface area contributed by atoms with Crippen molar-refractivity contribution in [2.24, 2.45) is 10.7 Å². The highest BCUT2D eigenvalue weighted by Gasteiger charge is 2.29. The normalized spacial score (nSPS) is 19.8. The zero-order valence-corrected chi connectivity index (χ0v) is 15.5. The van der Waals surface area contributed by atoms with Crippen LogP contribution in [0.25, 0.3) is 0 Å². The molecule has 3 N–H and O–H groups in total. The lowest BCUT2D eigenvalue weighted by Gasteiger charge is -2.26. The molecular weight excluding hydrogens is 421 g/mol. The summed E-state index contributed by atoms with van der Waals surface area (Å²) in [7, 11) is 0. The zero-order chi connectivity index (χ0) is 15.6. The van der Waals surface area contributed by atoms with Crippen LogP contribution in [0.15, 0.2) is 33.8 Å². The maximum Gasteiger partial charge on any atom is 0.229 e. The Balaban J connectivity index is 0.00000169. The Morgan fingerprint density at radius 1 is 1.29 bits per heavy atom. The fourth-order valence-corrected chi connectivity index (χ4v) is 2.70. The molecule has 0 saturated heterocycles. The van der Waals surface area contributed by atoms with Crippen LogP contribution in [0.1, 0.15) is 48.5 Å². The molecule has 4 rings (SSSR count). The van der Waals surface area contributed by atoms with E-state index < -0.39 is 0 Å². The Bertz CT molecular complexity index is 729. The minimum atomic E-state index is 0. The van der Waals surface area contributed by atoms with E-state index in [1.165, 1.54) is 0 Å². The Morgan fingerprint density at radius 3 is 2.96 bits per heavy atom. The Labute approximate surface area is 157 Å². The van der Waals surface area contributed by atoms with E-state index in [1.54, 1.807) is 0 Å². The molecule has 0 spiro atoms. The molecule has 0 radical (unpaired) electrons. The number of nitrogens with zero attached hydrogens (tertiary/aromatic N) is 3. The lowest BCUT2D eigenvalue weighted by molar-refractivity contribution is 0.262. The number of halogens is 1. The molecule has 1 atom stereocenters. The number of benzene rings is 1. The number of nitrogens with two attached hydrogens (primary N) is 1. The number of rotatable bonds is 4. The van der Waals surface area contributed by atoms with Gasteiger partial charge in [-0.25, -0.2) is 4.99 Å². The van der Waals surface area contributed by atoms with Crippen molar-refractivity contribution in [1.29, 1.82) is 0 Å². The number of hydrogen-bond acceptors (Lipinski definition) is 5. The molecule has 0 bridgehead atoms. The summed E-state index contributed by atoms with van der Waals surface area (Å²) in [5.41, 5.74) is 7.10. The second-order valence-electron chi connectivity index (χ2n) is 5.90. The van der Waals surface area contributed by atoms with Crippen LogP contribution in [0.5, 0.6) is 5.75 Å². The average Bonchev–Trinajstić information content (AvgIpc) is 3.32. The Morgan fingerprint density at radius 2 is 2.12 bits per heavy atom. The molecule has 128 valence electrons. The molecule has 7 nitrogen and oxygen atoms in total. The van der Waals surface area contributed by atoms with Crippen LogP contribution in [0.4, 0.5) is 0 Å². The second kappa shape index (κ2) is 7.37. The molecule has 1 saturated carbocycles. The summed E-state index contributed by atoms with van der Waals surface area (Å²) in [6.07, 6.45) is 3.12. The fraction of sp³-hybridized carbons (Fsp3) is 0.438. The molecule has 1 aliphatic heterocycles. The Hall–Kier alpha value is -1.84. The maximum absolute atomic E-state index is 6.00. The number of aromatic nitrogens is 2. The monoisotopic (exact) mass is 441 g/mol. The first-order valence-electron chi connectivity index (χ1n) is 7.90.